The van der Waals surface area contributed by atoms with Gasteiger partial charge >= 0.3 is 0 Å². The molecular formula is C11H10Cl2N4O. The second kappa shape index (κ2) is 5.37. The summed E-state index contributed by atoms with van der Waals surface area (Å²) in [4.78, 5) is 17.5. The van der Waals surface area contributed by atoms with Crippen molar-refractivity contribution in [2.75, 3.05) is 7.05 Å². The second-order valence-electron chi connectivity index (χ2n) is 3.77. The van der Waals surface area contributed by atoms with Gasteiger partial charge in [-0.3, -0.25) is 9.89 Å². The number of amides is 1. The molecule has 0 atom stereocenters. The maximum atomic E-state index is 12.1. The third-order valence-corrected chi connectivity index (χ3v) is 2.72. The van der Waals surface area contributed by atoms with E-state index in [1.807, 2.05) is 0 Å². The van der Waals surface area contributed by atoms with Crippen LogP contribution in [0.2, 0.25) is 10.3 Å². The molecule has 0 aliphatic heterocycles. The number of hydrogen-bond donors (Lipinski definition) is 1. The second-order valence-corrected chi connectivity index (χ2v) is 4.54. The Hall–Kier alpha value is -1.59. The molecule has 18 heavy (non-hydrogen) atoms. The maximum Gasteiger partial charge on any atom is 0.254 e. The highest BCUT2D eigenvalue weighted by molar-refractivity contribution is 6.33. The van der Waals surface area contributed by atoms with Crippen molar-refractivity contribution in [3.8, 4) is 0 Å². The number of nitrogens with one attached hydrogen (secondary N) is 1. The minimum absolute atomic E-state index is 0.178. The summed E-state index contributed by atoms with van der Waals surface area (Å²) in [5.74, 6) is -0.178. The third-order valence-electron chi connectivity index (χ3n) is 2.33. The van der Waals surface area contributed by atoms with Gasteiger partial charge in [-0.15, -0.1) is 0 Å². The number of H-pyrrole nitrogens is 1. The molecule has 94 valence electrons. The molecule has 7 heteroatoms. The van der Waals surface area contributed by atoms with E-state index in [1.54, 1.807) is 24.3 Å². The van der Waals surface area contributed by atoms with Crippen LogP contribution in [0, 0.1) is 0 Å². The fourth-order valence-corrected chi connectivity index (χ4v) is 1.98. The van der Waals surface area contributed by atoms with Gasteiger partial charge in [0.25, 0.3) is 5.91 Å². The van der Waals surface area contributed by atoms with Crippen LogP contribution in [-0.4, -0.2) is 33.0 Å². The van der Waals surface area contributed by atoms with Crippen molar-refractivity contribution in [2.24, 2.45) is 0 Å². The quantitative estimate of drug-likeness (QED) is 0.881. The Morgan fingerprint density at radius 2 is 2.06 bits per heavy atom. The zero-order chi connectivity index (χ0) is 13.1. The van der Waals surface area contributed by atoms with E-state index in [0.29, 0.717) is 12.1 Å². The van der Waals surface area contributed by atoms with Crippen LogP contribution in [0.25, 0.3) is 0 Å². The average molecular weight is 285 g/mol. The molecule has 0 radical (unpaired) electrons. The molecule has 2 aromatic rings. The number of aromatic amines is 1. The van der Waals surface area contributed by atoms with Crippen LogP contribution in [0.5, 0.6) is 0 Å². The van der Waals surface area contributed by atoms with Gasteiger partial charge in [-0.1, -0.05) is 23.2 Å². The first-order chi connectivity index (χ1) is 8.56. The van der Waals surface area contributed by atoms with Crippen molar-refractivity contribution in [1.29, 1.82) is 0 Å². The fourth-order valence-electron chi connectivity index (χ4n) is 1.52. The molecule has 0 unspecified atom stereocenters. The van der Waals surface area contributed by atoms with E-state index in [4.69, 9.17) is 23.2 Å². The van der Waals surface area contributed by atoms with Gasteiger partial charge in [0.15, 0.2) is 0 Å². The minimum Gasteiger partial charge on any atom is -0.337 e. The lowest BCUT2D eigenvalue weighted by atomic mass is 10.2. The maximum absolute atomic E-state index is 12.1. The molecule has 0 fully saturated rings. The molecule has 2 aromatic heterocycles. The molecule has 0 saturated carbocycles. The molecule has 1 N–H and O–H groups in total. The Morgan fingerprint density at radius 3 is 2.61 bits per heavy atom. The van der Waals surface area contributed by atoms with Crippen LogP contribution >= 0.6 is 23.2 Å². The Kier molecular flexibility index (Phi) is 3.84. The smallest absolute Gasteiger partial charge is 0.254 e. The Bertz CT molecular complexity index is 536. The van der Waals surface area contributed by atoms with Gasteiger partial charge in [0.05, 0.1) is 6.20 Å². The van der Waals surface area contributed by atoms with E-state index in [0.717, 1.165) is 5.56 Å². The van der Waals surface area contributed by atoms with Gasteiger partial charge in [0.2, 0.25) is 0 Å². The molecule has 0 spiro atoms. The number of nitrogens with zero attached hydrogens (tertiary/aromatic N) is 3. The standard InChI is InChI=1S/C11H10Cl2N4O/c1-17(6-7-4-14-15-5-7)11(18)8-2-9(12)16-10(13)3-8/h2-5H,6H2,1H3,(H,14,15). The first-order valence-corrected chi connectivity index (χ1v) is 5.88. The van der Waals surface area contributed by atoms with Crippen molar-refractivity contribution < 1.29 is 4.79 Å². The number of rotatable bonds is 3. The van der Waals surface area contributed by atoms with E-state index in [2.05, 4.69) is 15.2 Å². The van der Waals surface area contributed by atoms with Gasteiger partial charge < -0.3 is 4.90 Å². The molecule has 0 saturated heterocycles. The Balaban J connectivity index is 2.15. The fraction of sp³-hybridized carbons (Fsp3) is 0.182. The molecule has 2 heterocycles. The van der Waals surface area contributed by atoms with Crippen LogP contribution < -0.4 is 0 Å². The van der Waals surface area contributed by atoms with Crippen LogP contribution in [0.15, 0.2) is 24.5 Å². The van der Waals surface area contributed by atoms with Gasteiger partial charge in [-0.05, 0) is 12.1 Å². The number of aromatic nitrogens is 3. The summed E-state index contributed by atoms with van der Waals surface area (Å²) in [6, 6.07) is 2.98. The number of halogens is 2. The van der Waals surface area contributed by atoms with Gasteiger partial charge in [0.1, 0.15) is 10.3 Å². The third kappa shape index (κ3) is 3.00. The predicted octanol–water partition coefficient (Wildman–Crippen LogP) is 2.38. The first-order valence-electron chi connectivity index (χ1n) is 5.12. The van der Waals surface area contributed by atoms with Gasteiger partial charge in [-0.2, -0.15) is 5.10 Å². The average Bonchev–Trinajstić information content (AvgIpc) is 2.79. The topological polar surface area (TPSA) is 61.9 Å². The summed E-state index contributed by atoms with van der Waals surface area (Å²) < 4.78 is 0. The van der Waals surface area contributed by atoms with Crippen LogP contribution in [0.3, 0.4) is 0 Å². The summed E-state index contributed by atoms with van der Waals surface area (Å²) in [6.45, 7) is 0.451. The highest BCUT2D eigenvalue weighted by atomic mass is 35.5. The van der Waals surface area contributed by atoms with Crippen LogP contribution in [-0.2, 0) is 6.54 Å². The molecule has 1 amide bonds. The van der Waals surface area contributed by atoms with E-state index in [-0.39, 0.29) is 16.2 Å². The number of pyridine rings is 1. The van der Waals surface area contributed by atoms with E-state index < -0.39 is 0 Å². The highest BCUT2D eigenvalue weighted by Gasteiger charge is 2.14. The molecule has 0 aliphatic carbocycles. The lowest BCUT2D eigenvalue weighted by Crippen LogP contribution is -2.26. The molecule has 0 aromatic carbocycles. The summed E-state index contributed by atoms with van der Waals surface area (Å²) >= 11 is 11.5. The molecule has 2 rings (SSSR count). The number of carbonyl (C=O) groups excluding carboxylic acids is 1. The van der Waals surface area contributed by atoms with Crippen LogP contribution in [0.4, 0.5) is 0 Å². The summed E-state index contributed by atoms with van der Waals surface area (Å²) in [6.07, 6.45) is 3.40. The predicted molar refractivity (Wildman–Crippen MR) is 68.6 cm³/mol. The first kappa shape index (κ1) is 12.9. The molecule has 0 bridgehead atoms. The van der Waals surface area contributed by atoms with E-state index in [9.17, 15) is 4.79 Å². The van der Waals surface area contributed by atoms with Crippen molar-refractivity contribution in [3.05, 3.63) is 46.0 Å². The summed E-state index contributed by atoms with van der Waals surface area (Å²) in [5.41, 5.74) is 1.32. The van der Waals surface area contributed by atoms with Gasteiger partial charge in [0, 0.05) is 30.9 Å². The lowest BCUT2D eigenvalue weighted by molar-refractivity contribution is 0.0785. The minimum atomic E-state index is -0.178. The van der Waals surface area contributed by atoms with E-state index in [1.165, 1.54) is 12.1 Å². The van der Waals surface area contributed by atoms with Gasteiger partial charge in [-0.25, -0.2) is 4.98 Å². The Labute approximate surface area is 114 Å². The molecule has 5 nitrogen and oxygen atoms in total. The number of carbonyl (C=O) groups is 1. The zero-order valence-corrected chi connectivity index (χ0v) is 11.0. The Morgan fingerprint density at radius 1 is 1.39 bits per heavy atom. The van der Waals surface area contributed by atoms with Crippen molar-refractivity contribution in [2.45, 2.75) is 6.54 Å². The molecular weight excluding hydrogens is 275 g/mol. The summed E-state index contributed by atoms with van der Waals surface area (Å²) in [7, 11) is 1.69. The highest BCUT2D eigenvalue weighted by Crippen LogP contribution is 2.16. The van der Waals surface area contributed by atoms with E-state index >= 15 is 0 Å². The largest absolute Gasteiger partial charge is 0.337 e. The summed E-state index contributed by atoms with van der Waals surface area (Å²) in [5, 5.41) is 6.91. The SMILES string of the molecule is CN(Cc1cn[nH]c1)C(=O)c1cc(Cl)nc(Cl)c1. The molecule has 0 aliphatic rings. The monoisotopic (exact) mass is 284 g/mol. The van der Waals surface area contributed by atoms with Crippen LogP contribution in [0.1, 0.15) is 15.9 Å². The normalized spacial score (nSPS) is 10.4. The van der Waals surface area contributed by atoms with Crippen molar-refractivity contribution in [3.63, 3.8) is 0 Å². The lowest BCUT2D eigenvalue weighted by Gasteiger charge is -2.16. The van der Waals surface area contributed by atoms with Crippen molar-refractivity contribution >= 4 is 29.1 Å². The van der Waals surface area contributed by atoms with Crippen molar-refractivity contribution in [1.82, 2.24) is 20.1 Å². The zero-order valence-electron chi connectivity index (χ0n) is 9.52. The number of hydrogen-bond acceptors (Lipinski definition) is 3.